The molecular weight excluding hydrogens is 378 g/mol. The number of nitrogens with zero attached hydrogens (tertiary/aromatic N) is 3. The van der Waals surface area contributed by atoms with E-state index in [1.165, 1.54) is 10.4 Å². The standard InChI is InChI=1S/C20H31N3O4S/c1-15-13-23(14-16(2)27-15)28(25,26)19-7-5-6-17(12-19)20(24)22-10-8-18(9-11-22)21(3)4/h5-7,12,15-16,18H,8-11,13-14H2,1-4H3. The summed E-state index contributed by atoms with van der Waals surface area (Å²) in [4.78, 5) is 17.1. The molecule has 0 spiro atoms. The molecule has 2 saturated heterocycles. The number of carbonyl (C=O) groups excluding carboxylic acids is 1. The van der Waals surface area contributed by atoms with Crippen molar-refractivity contribution in [3.63, 3.8) is 0 Å². The van der Waals surface area contributed by atoms with Crippen LogP contribution in [0.1, 0.15) is 37.0 Å². The number of morpholine rings is 1. The van der Waals surface area contributed by atoms with Crippen molar-refractivity contribution in [2.24, 2.45) is 0 Å². The Morgan fingerprint density at radius 2 is 1.71 bits per heavy atom. The van der Waals surface area contributed by atoms with Crippen molar-refractivity contribution in [3.05, 3.63) is 29.8 Å². The predicted molar refractivity (Wildman–Crippen MR) is 108 cm³/mol. The molecule has 8 heteroatoms. The van der Waals surface area contributed by atoms with Gasteiger partial charge in [-0.05, 0) is 59.0 Å². The third-order valence-electron chi connectivity index (χ3n) is 5.59. The molecule has 0 saturated carbocycles. The quantitative estimate of drug-likeness (QED) is 0.756. The van der Waals surface area contributed by atoms with Crippen molar-refractivity contribution in [3.8, 4) is 0 Å². The van der Waals surface area contributed by atoms with Gasteiger partial charge in [0.15, 0.2) is 0 Å². The smallest absolute Gasteiger partial charge is 0.253 e. The predicted octanol–water partition coefficient (Wildman–Crippen LogP) is 1.65. The highest BCUT2D eigenvalue weighted by Crippen LogP contribution is 2.23. The lowest BCUT2D eigenvalue weighted by Crippen LogP contribution is -2.48. The number of piperidine rings is 1. The number of hydrogen-bond donors (Lipinski definition) is 0. The van der Waals surface area contributed by atoms with Crippen LogP contribution in [-0.4, -0.2) is 87.0 Å². The maximum atomic E-state index is 13.1. The SMILES string of the molecule is CC1CN(S(=O)(=O)c2cccc(C(=O)N3CCC(N(C)C)CC3)c2)CC(C)O1. The van der Waals surface area contributed by atoms with Gasteiger partial charge in [-0.2, -0.15) is 4.31 Å². The third-order valence-corrected chi connectivity index (χ3v) is 7.41. The first-order valence-corrected chi connectivity index (χ1v) is 11.3. The molecule has 0 radical (unpaired) electrons. The van der Waals surface area contributed by atoms with Crippen molar-refractivity contribution in [1.29, 1.82) is 0 Å². The van der Waals surface area contributed by atoms with Gasteiger partial charge < -0.3 is 14.5 Å². The Hall–Kier alpha value is -1.48. The Kier molecular flexibility index (Phi) is 6.44. The van der Waals surface area contributed by atoms with Gasteiger partial charge in [-0.3, -0.25) is 4.79 Å². The molecule has 7 nitrogen and oxygen atoms in total. The van der Waals surface area contributed by atoms with Gasteiger partial charge in [0.2, 0.25) is 10.0 Å². The summed E-state index contributed by atoms with van der Waals surface area (Å²) in [5.41, 5.74) is 0.429. The van der Waals surface area contributed by atoms with Gasteiger partial charge in [-0.25, -0.2) is 8.42 Å². The van der Waals surface area contributed by atoms with E-state index in [4.69, 9.17) is 4.74 Å². The molecule has 2 heterocycles. The number of hydrogen-bond acceptors (Lipinski definition) is 5. The minimum absolute atomic E-state index is 0.0991. The van der Waals surface area contributed by atoms with Crippen LogP contribution in [0.15, 0.2) is 29.2 Å². The van der Waals surface area contributed by atoms with Crippen LogP contribution in [0.4, 0.5) is 0 Å². The fourth-order valence-corrected chi connectivity index (χ4v) is 5.67. The fraction of sp³-hybridized carbons (Fsp3) is 0.650. The lowest BCUT2D eigenvalue weighted by molar-refractivity contribution is -0.0440. The van der Waals surface area contributed by atoms with Crippen molar-refractivity contribution in [2.45, 2.75) is 49.8 Å². The van der Waals surface area contributed by atoms with Crippen LogP contribution in [-0.2, 0) is 14.8 Å². The van der Waals surface area contributed by atoms with Gasteiger partial charge in [0.25, 0.3) is 5.91 Å². The van der Waals surface area contributed by atoms with Crippen LogP contribution in [0, 0.1) is 0 Å². The van der Waals surface area contributed by atoms with Crippen molar-refractivity contribution in [2.75, 3.05) is 40.3 Å². The zero-order chi connectivity index (χ0) is 20.5. The van der Waals surface area contributed by atoms with E-state index in [9.17, 15) is 13.2 Å². The number of amides is 1. The van der Waals surface area contributed by atoms with Crippen molar-refractivity contribution < 1.29 is 17.9 Å². The molecule has 1 aromatic rings. The fourth-order valence-electron chi connectivity index (χ4n) is 4.03. The number of benzene rings is 1. The average molecular weight is 410 g/mol. The molecule has 2 fully saturated rings. The van der Waals surface area contributed by atoms with Gasteiger partial charge in [0.05, 0.1) is 17.1 Å². The minimum Gasteiger partial charge on any atom is -0.373 e. The first-order chi connectivity index (χ1) is 13.2. The van der Waals surface area contributed by atoms with Crippen LogP contribution >= 0.6 is 0 Å². The minimum atomic E-state index is -3.66. The molecule has 1 amide bonds. The zero-order valence-corrected chi connectivity index (χ0v) is 18.0. The third kappa shape index (κ3) is 4.56. The van der Waals surface area contributed by atoms with E-state index in [1.54, 1.807) is 18.2 Å². The summed E-state index contributed by atoms with van der Waals surface area (Å²) in [5.74, 6) is -0.0991. The van der Waals surface area contributed by atoms with Gasteiger partial charge in [-0.1, -0.05) is 6.07 Å². The summed E-state index contributed by atoms with van der Waals surface area (Å²) >= 11 is 0. The summed E-state index contributed by atoms with van der Waals surface area (Å²) in [6, 6.07) is 6.92. The van der Waals surface area contributed by atoms with Gasteiger partial charge >= 0.3 is 0 Å². The Labute approximate surface area is 168 Å². The molecule has 2 atom stereocenters. The number of likely N-dealkylation sites (tertiary alicyclic amines) is 1. The maximum Gasteiger partial charge on any atom is 0.253 e. The van der Waals surface area contributed by atoms with Crippen LogP contribution < -0.4 is 0 Å². The Bertz CT molecular complexity index is 793. The van der Waals surface area contributed by atoms with E-state index in [2.05, 4.69) is 19.0 Å². The molecule has 0 aromatic heterocycles. The zero-order valence-electron chi connectivity index (χ0n) is 17.2. The Morgan fingerprint density at radius 3 is 2.29 bits per heavy atom. The number of sulfonamides is 1. The monoisotopic (exact) mass is 409 g/mol. The molecular formula is C20H31N3O4S. The first kappa shape index (κ1) is 21.2. The molecule has 156 valence electrons. The van der Waals surface area contributed by atoms with Crippen molar-refractivity contribution >= 4 is 15.9 Å². The van der Waals surface area contributed by atoms with Crippen LogP contribution in [0.25, 0.3) is 0 Å². The Morgan fingerprint density at radius 1 is 1.11 bits per heavy atom. The van der Waals surface area contributed by atoms with Crippen LogP contribution in [0.2, 0.25) is 0 Å². The summed E-state index contributed by atoms with van der Waals surface area (Å²) in [6.07, 6.45) is 1.56. The summed E-state index contributed by atoms with van der Waals surface area (Å²) in [6.45, 7) is 5.77. The molecule has 1 aromatic carbocycles. The molecule has 0 aliphatic carbocycles. The maximum absolute atomic E-state index is 13.1. The number of rotatable bonds is 4. The second-order valence-electron chi connectivity index (χ2n) is 8.09. The number of carbonyl (C=O) groups is 1. The number of ether oxygens (including phenoxy) is 1. The summed E-state index contributed by atoms with van der Waals surface area (Å²) in [5, 5.41) is 0. The molecule has 2 aliphatic rings. The molecule has 0 N–H and O–H groups in total. The highest BCUT2D eigenvalue weighted by atomic mass is 32.2. The van der Waals surface area contributed by atoms with E-state index in [1.807, 2.05) is 18.7 Å². The Balaban J connectivity index is 1.76. The van der Waals surface area contributed by atoms with E-state index in [0.717, 1.165) is 12.8 Å². The highest BCUT2D eigenvalue weighted by molar-refractivity contribution is 7.89. The lowest BCUT2D eigenvalue weighted by Gasteiger charge is -2.35. The summed E-state index contributed by atoms with van der Waals surface area (Å²) in [7, 11) is 0.460. The molecule has 2 aliphatic heterocycles. The van der Waals surface area contributed by atoms with Gasteiger partial charge in [0.1, 0.15) is 0 Å². The normalized spacial score (nSPS) is 25.2. The van der Waals surface area contributed by atoms with Crippen LogP contribution in [0.5, 0.6) is 0 Å². The molecule has 3 rings (SSSR count). The topological polar surface area (TPSA) is 70.2 Å². The van der Waals surface area contributed by atoms with Gasteiger partial charge in [-0.15, -0.1) is 0 Å². The van der Waals surface area contributed by atoms with Crippen LogP contribution in [0.3, 0.4) is 0 Å². The van der Waals surface area contributed by atoms with Gasteiger partial charge in [0, 0.05) is 37.8 Å². The van der Waals surface area contributed by atoms with E-state index >= 15 is 0 Å². The highest BCUT2D eigenvalue weighted by Gasteiger charge is 2.33. The first-order valence-electron chi connectivity index (χ1n) is 9.90. The second kappa shape index (κ2) is 8.49. The average Bonchev–Trinajstić information content (AvgIpc) is 2.67. The van der Waals surface area contributed by atoms with E-state index in [-0.39, 0.29) is 23.0 Å². The van der Waals surface area contributed by atoms with Crippen molar-refractivity contribution in [1.82, 2.24) is 14.1 Å². The second-order valence-corrected chi connectivity index (χ2v) is 10.0. The molecule has 0 bridgehead atoms. The molecule has 2 unspecified atom stereocenters. The summed E-state index contributed by atoms with van der Waals surface area (Å²) < 4.78 is 33.3. The van der Waals surface area contributed by atoms with E-state index < -0.39 is 10.0 Å². The lowest BCUT2D eigenvalue weighted by atomic mass is 10.0. The molecule has 28 heavy (non-hydrogen) atoms. The van der Waals surface area contributed by atoms with E-state index in [0.29, 0.717) is 37.8 Å². The largest absolute Gasteiger partial charge is 0.373 e.